The molecule has 0 unspecified atom stereocenters. The average molecular weight is 261 g/mol. The van der Waals surface area contributed by atoms with Crippen LogP contribution in [0.2, 0.25) is 0 Å². The van der Waals surface area contributed by atoms with Crippen LogP contribution in [-0.4, -0.2) is 34.3 Å². The number of hydrogen-bond donors (Lipinski definition) is 0. The lowest BCUT2D eigenvalue weighted by Gasteiger charge is -2.31. The summed E-state index contributed by atoms with van der Waals surface area (Å²) in [5.41, 5.74) is 0.886. The van der Waals surface area contributed by atoms with Gasteiger partial charge in [-0.25, -0.2) is 4.39 Å². The Bertz CT molecular complexity index is 556. The Hall–Kier alpha value is -1.42. The molecule has 0 bridgehead atoms. The second-order valence-corrected chi connectivity index (χ2v) is 5.39. The largest absolute Gasteiger partial charge is 0.303 e. The van der Waals surface area contributed by atoms with E-state index in [4.69, 9.17) is 0 Å². The highest BCUT2D eigenvalue weighted by molar-refractivity contribution is 5.77. The summed E-state index contributed by atoms with van der Waals surface area (Å²) in [6.07, 6.45) is 5.47. The summed E-state index contributed by atoms with van der Waals surface area (Å²) in [6.45, 7) is 5.70. The van der Waals surface area contributed by atoms with E-state index >= 15 is 0 Å². The molecule has 102 valence electrons. The predicted molar refractivity (Wildman–Crippen MR) is 74.7 cm³/mol. The van der Waals surface area contributed by atoms with Crippen LogP contribution in [-0.2, 0) is 0 Å². The van der Waals surface area contributed by atoms with Crippen molar-refractivity contribution in [3.05, 3.63) is 30.2 Å². The third-order valence-corrected chi connectivity index (χ3v) is 3.96. The molecule has 1 aromatic carbocycles. The van der Waals surface area contributed by atoms with Gasteiger partial charge >= 0.3 is 0 Å². The summed E-state index contributed by atoms with van der Waals surface area (Å²) >= 11 is 0. The van der Waals surface area contributed by atoms with Crippen LogP contribution in [0.4, 0.5) is 4.39 Å². The van der Waals surface area contributed by atoms with Gasteiger partial charge < -0.3 is 4.90 Å². The molecule has 3 rings (SSSR count). The topological polar surface area (TPSA) is 21.1 Å². The Morgan fingerprint density at radius 1 is 1.32 bits per heavy atom. The molecule has 0 N–H and O–H groups in total. The van der Waals surface area contributed by atoms with E-state index < -0.39 is 0 Å². The molecule has 1 aliphatic heterocycles. The molecule has 3 nitrogen and oxygen atoms in total. The van der Waals surface area contributed by atoms with Gasteiger partial charge in [0.25, 0.3) is 0 Å². The highest BCUT2D eigenvalue weighted by Gasteiger charge is 2.20. The molecule has 4 heteroatoms. The monoisotopic (exact) mass is 261 g/mol. The Kier molecular flexibility index (Phi) is 3.51. The predicted octanol–water partition coefficient (Wildman–Crippen LogP) is 3.22. The minimum atomic E-state index is -0.190. The second-order valence-electron chi connectivity index (χ2n) is 5.39. The summed E-state index contributed by atoms with van der Waals surface area (Å²) in [7, 11) is 0. The SMILES string of the molecule is CCCN1CCC(n2cc3cc(F)ccc3n2)CC1. The van der Waals surface area contributed by atoms with Crippen molar-refractivity contribution in [2.45, 2.75) is 32.2 Å². The molecule has 0 atom stereocenters. The molecule has 0 amide bonds. The van der Waals surface area contributed by atoms with Crippen molar-refractivity contribution < 1.29 is 4.39 Å². The number of fused-ring (bicyclic) bond motifs is 1. The Labute approximate surface area is 113 Å². The van der Waals surface area contributed by atoms with Crippen LogP contribution in [0.5, 0.6) is 0 Å². The van der Waals surface area contributed by atoms with E-state index in [0.717, 1.165) is 36.8 Å². The smallest absolute Gasteiger partial charge is 0.124 e. The van der Waals surface area contributed by atoms with Gasteiger partial charge in [-0.2, -0.15) is 5.10 Å². The lowest BCUT2D eigenvalue weighted by Crippen LogP contribution is -2.35. The summed E-state index contributed by atoms with van der Waals surface area (Å²) in [5.74, 6) is -0.190. The summed E-state index contributed by atoms with van der Waals surface area (Å²) in [4.78, 5) is 2.51. The van der Waals surface area contributed by atoms with Gasteiger partial charge in [-0.15, -0.1) is 0 Å². The number of hydrogen-bond acceptors (Lipinski definition) is 2. The molecule has 0 spiro atoms. The van der Waals surface area contributed by atoms with E-state index in [2.05, 4.69) is 16.9 Å². The first-order chi connectivity index (χ1) is 9.26. The zero-order valence-corrected chi connectivity index (χ0v) is 11.3. The molecule has 0 saturated carbocycles. The summed E-state index contributed by atoms with van der Waals surface area (Å²) in [5, 5.41) is 5.48. The minimum absolute atomic E-state index is 0.190. The first-order valence-electron chi connectivity index (χ1n) is 7.13. The standard InChI is InChI=1S/C15H20FN3/c1-2-7-18-8-5-14(6-9-18)19-11-12-10-13(16)3-4-15(12)17-19/h3-4,10-11,14H,2,5-9H2,1H3. The zero-order valence-electron chi connectivity index (χ0n) is 11.3. The molecule has 0 radical (unpaired) electrons. The maximum atomic E-state index is 13.2. The fraction of sp³-hybridized carbons (Fsp3) is 0.533. The molecule has 2 aromatic rings. The van der Waals surface area contributed by atoms with E-state index in [1.807, 2.05) is 10.9 Å². The zero-order chi connectivity index (χ0) is 13.2. The van der Waals surface area contributed by atoms with Crippen LogP contribution >= 0.6 is 0 Å². The number of likely N-dealkylation sites (tertiary alicyclic amines) is 1. The van der Waals surface area contributed by atoms with Crippen LogP contribution in [0, 0.1) is 5.82 Å². The van der Waals surface area contributed by atoms with Crippen LogP contribution in [0.3, 0.4) is 0 Å². The van der Waals surface area contributed by atoms with Crippen molar-refractivity contribution in [1.82, 2.24) is 14.7 Å². The third kappa shape index (κ3) is 2.63. The summed E-state index contributed by atoms with van der Waals surface area (Å²) < 4.78 is 15.2. The van der Waals surface area contributed by atoms with Crippen molar-refractivity contribution in [3.8, 4) is 0 Å². The molecule has 2 heterocycles. The normalized spacial score (nSPS) is 18.2. The average Bonchev–Trinajstić information content (AvgIpc) is 2.83. The lowest BCUT2D eigenvalue weighted by molar-refractivity contribution is 0.180. The molecule has 0 aliphatic carbocycles. The highest BCUT2D eigenvalue weighted by atomic mass is 19.1. The Morgan fingerprint density at radius 3 is 2.84 bits per heavy atom. The van der Waals surface area contributed by atoms with E-state index in [9.17, 15) is 4.39 Å². The number of nitrogens with zero attached hydrogens (tertiary/aromatic N) is 3. The van der Waals surface area contributed by atoms with Gasteiger partial charge in [-0.1, -0.05) is 6.92 Å². The van der Waals surface area contributed by atoms with E-state index in [1.54, 1.807) is 12.1 Å². The van der Waals surface area contributed by atoms with Gasteiger partial charge in [0.1, 0.15) is 5.82 Å². The Morgan fingerprint density at radius 2 is 2.11 bits per heavy atom. The van der Waals surface area contributed by atoms with Gasteiger partial charge in [0, 0.05) is 24.7 Å². The van der Waals surface area contributed by atoms with Crippen LogP contribution < -0.4 is 0 Å². The van der Waals surface area contributed by atoms with Crippen molar-refractivity contribution in [3.63, 3.8) is 0 Å². The molecule has 1 aliphatic rings. The number of halogens is 1. The van der Waals surface area contributed by atoms with Crippen molar-refractivity contribution in [2.75, 3.05) is 19.6 Å². The molecule has 1 fully saturated rings. The maximum Gasteiger partial charge on any atom is 0.124 e. The van der Waals surface area contributed by atoms with Gasteiger partial charge in [-0.3, -0.25) is 4.68 Å². The molecule has 1 aromatic heterocycles. The van der Waals surface area contributed by atoms with Gasteiger partial charge in [0.2, 0.25) is 0 Å². The first kappa shape index (κ1) is 12.6. The fourth-order valence-corrected chi connectivity index (χ4v) is 2.93. The minimum Gasteiger partial charge on any atom is -0.303 e. The van der Waals surface area contributed by atoms with Crippen molar-refractivity contribution in [2.24, 2.45) is 0 Å². The van der Waals surface area contributed by atoms with Gasteiger partial charge in [-0.05, 0) is 44.0 Å². The highest BCUT2D eigenvalue weighted by Crippen LogP contribution is 2.24. The summed E-state index contributed by atoms with van der Waals surface area (Å²) in [6, 6.07) is 5.26. The van der Waals surface area contributed by atoms with Gasteiger partial charge in [0.15, 0.2) is 0 Å². The molecule has 19 heavy (non-hydrogen) atoms. The third-order valence-electron chi connectivity index (χ3n) is 3.96. The number of piperidine rings is 1. The molecule has 1 saturated heterocycles. The number of aromatic nitrogens is 2. The van der Waals surface area contributed by atoms with Crippen LogP contribution in [0.15, 0.2) is 24.4 Å². The van der Waals surface area contributed by atoms with Crippen LogP contribution in [0.25, 0.3) is 10.9 Å². The number of rotatable bonds is 3. The lowest BCUT2D eigenvalue weighted by atomic mass is 10.1. The quantitative estimate of drug-likeness (QED) is 0.846. The fourth-order valence-electron chi connectivity index (χ4n) is 2.93. The van der Waals surface area contributed by atoms with Gasteiger partial charge in [0.05, 0.1) is 11.6 Å². The Balaban J connectivity index is 1.74. The van der Waals surface area contributed by atoms with E-state index in [0.29, 0.717) is 6.04 Å². The van der Waals surface area contributed by atoms with Crippen LogP contribution in [0.1, 0.15) is 32.2 Å². The molecular weight excluding hydrogens is 241 g/mol. The van der Waals surface area contributed by atoms with Crippen molar-refractivity contribution >= 4 is 10.9 Å². The maximum absolute atomic E-state index is 13.2. The second kappa shape index (κ2) is 5.29. The number of benzene rings is 1. The van der Waals surface area contributed by atoms with E-state index in [-0.39, 0.29) is 5.82 Å². The van der Waals surface area contributed by atoms with E-state index in [1.165, 1.54) is 19.0 Å². The first-order valence-corrected chi connectivity index (χ1v) is 7.13. The molecular formula is C15H20FN3. The van der Waals surface area contributed by atoms with Crippen molar-refractivity contribution in [1.29, 1.82) is 0 Å².